The van der Waals surface area contributed by atoms with Gasteiger partial charge in [0.25, 0.3) is 0 Å². The quantitative estimate of drug-likeness (QED) is 0.611. The van der Waals surface area contributed by atoms with Crippen molar-refractivity contribution in [2.45, 2.75) is 31.7 Å². The Morgan fingerprint density at radius 3 is 2.90 bits per heavy atom. The molecule has 0 saturated carbocycles. The average Bonchev–Trinajstić information content (AvgIpc) is 3.02. The van der Waals surface area contributed by atoms with E-state index in [-0.39, 0.29) is 12.0 Å². The molecule has 5 nitrogen and oxygen atoms in total. The van der Waals surface area contributed by atoms with Gasteiger partial charge in [-0.15, -0.1) is 0 Å². The third-order valence-electron chi connectivity index (χ3n) is 3.77. The van der Waals surface area contributed by atoms with E-state index in [0.29, 0.717) is 13.0 Å². The number of ether oxygens (including phenoxy) is 1. The van der Waals surface area contributed by atoms with Gasteiger partial charge in [-0.3, -0.25) is 9.69 Å². The van der Waals surface area contributed by atoms with Crippen LogP contribution in [0.1, 0.15) is 37.5 Å². The minimum absolute atomic E-state index is 0.176. The third kappa shape index (κ3) is 4.35. The summed E-state index contributed by atoms with van der Waals surface area (Å²) in [6.45, 7) is 3.66. The van der Waals surface area contributed by atoms with Crippen molar-refractivity contribution >= 4 is 5.97 Å². The number of carbonyl (C=O) groups excluding carboxylic acids is 1. The molecular formula is C15H24N2O3. The monoisotopic (exact) mass is 280 g/mol. The maximum Gasteiger partial charge on any atom is 0.306 e. The molecule has 0 unspecified atom stereocenters. The van der Waals surface area contributed by atoms with Gasteiger partial charge in [0.1, 0.15) is 5.76 Å². The molecule has 1 aliphatic rings. The highest BCUT2D eigenvalue weighted by molar-refractivity contribution is 5.69. The Hall–Kier alpha value is -1.33. The molecule has 0 radical (unpaired) electrons. The van der Waals surface area contributed by atoms with Crippen molar-refractivity contribution in [2.75, 3.05) is 33.3 Å². The van der Waals surface area contributed by atoms with Crippen molar-refractivity contribution in [1.29, 1.82) is 0 Å². The summed E-state index contributed by atoms with van der Waals surface area (Å²) in [6, 6.07) is 4.21. The number of hydrogen-bond acceptors (Lipinski definition) is 5. The molecule has 0 spiro atoms. The number of methoxy groups -OCH3 is 1. The maximum absolute atomic E-state index is 11.1. The van der Waals surface area contributed by atoms with E-state index in [1.807, 2.05) is 12.1 Å². The molecule has 0 aliphatic carbocycles. The predicted molar refractivity (Wildman–Crippen MR) is 76.4 cm³/mol. The molecule has 1 saturated heterocycles. The first-order valence-electron chi connectivity index (χ1n) is 7.36. The second kappa shape index (κ2) is 8.07. The lowest BCUT2D eigenvalue weighted by Gasteiger charge is -2.33. The SMILES string of the molecule is COC(=O)CCNC[C@@H](c1ccco1)N1CCCCC1. The first-order chi connectivity index (χ1) is 9.81. The van der Waals surface area contributed by atoms with Gasteiger partial charge in [0, 0.05) is 13.1 Å². The van der Waals surface area contributed by atoms with Crippen molar-refractivity contribution in [3.63, 3.8) is 0 Å². The number of rotatable bonds is 7. The molecule has 2 rings (SSSR count). The van der Waals surface area contributed by atoms with Crippen molar-refractivity contribution in [3.8, 4) is 0 Å². The van der Waals surface area contributed by atoms with Crippen molar-refractivity contribution in [1.82, 2.24) is 10.2 Å². The van der Waals surface area contributed by atoms with Crippen LogP contribution in [0.25, 0.3) is 0 Å². The van der Waals surface area contributed by atoms with Gasteiger partial charge in [-0.25, -0.2) is 0 Å². The summed E-state index contributed by atoms with van der Waals surface area (Å²) in [5.41, 5.74) is 0. The highest BCUT2D eigenvalue weighted by atomic mass is 16.5. The van der Waals surface area contributed by atoms with Gasteiger partial charge < -0.3 is 14.5 Å². The molecule has 20 heavy (non-hydrogen) atoms. The zero-order valence-corrected chi connectivity index (χ0v) is 12.1. The van der Waals surface area contributed by atoms with Crippen LogP contribution in [-0.2, 0) is 9.53 Å². The molecule has 1 fully saturated rings. The fourth-order valence-corrected chi connectivity index (χ4v) is 2.65. The molecule has 1 aliphatic heterocycles. The van der Waals surface area contributed by atoms with Crippen LogP contribution in [0.4, 0.5) is 0 Å². The Balaban J connectivity index is 1.85. The summed E-state index contributed by atoms with van der Waals surface area (Å²) in [7, 11) is 1.42. The van der Waals surface area contributed by atoms with Gasteiger partial charge in [0.2, 0.25) is 0 Å². The first kappa shape index (κ1) is 15.1. The smallest absolute Gasteiger partial charge is 0.306 e. The van der Waals surface area contributed by atoms with Crippen LogP contribution in [-0.4, -0.2) is 44.2 Å². The lowest BCUT2D eigenvalue weighted by molar-refractivity contribution is -0.140. The molecule has 1 atom stereocenters. The van der Waals surface area contributed by atoms with E-state index < -0.39 is 0 Å². The van der Waals surface area contributed by atoms with Crippen LogP contribution in [0.15, 0.2) is 22.8 Å². The Bertz CT molecular complexity index is 386. The number of nitrogens with one attached hydrogen (secondary N) is 1. The van der Waals surface area contributed by atoms with Crippen molar-refractivity contribution in [2.24, 2.45) is 0 Å². The number of furan rings is 1. The van der Waals surface area contributed by atoms with Gasteiger partial charge in [0.05, 0.1) is 25.8 Å². The second-order valence-corrected chi connectivity index (χ2v) is 5.16. The molecule has 2 heterocycles. The number of hydrogen-bond donors (Lipinski definition) is 1. The van der Waals surface area contributed by atoms with E-state index in [1.54, 1.807) is 6.26 Å². The van der Waals surface area contributed by atoms with E-state index >= 15 is 0 Å². The van der Waals surface area contributed by atoms with E-state index in [1.165, 1.54) is 26.4 Å². The van der Waals surface area contributed by atoms with Gasteiger partial charge in [-0.1, -0.05) is 6.42 Å². The molecule has 5 heteroatoms. The summed E-state index contributed by atoms with van der Waals surface area (Å²) in [5, 5.41) is 3.33. The fraction of sp³-hybridized carbons (Fsp3) is 0.667. The summed E-state index contributed by atoms with van der Waals surface area (Å²) in [4.78, 5) is 13.6. The van der Waals surface area contributed by atoms with Crippen LogP contribution in [0.3, 0.4) is 0 Å². The van der Waals surface area contributed by atoms with E-state index in [4.69, 9.17) is 4.42 Å². The van der Waals surface area contributed by atoms with Crippen LogP contribution < -0.4 is 5.32 Å². The van der Waals surface area contributed by atoms with Crippen LogP contribution in [0.2, 0.25) is 0 Å². The molecule has 1 aromatic heterocycles. The minimum atomic E-state index is -0.176. The Labute approximate surface area is 120 Å². The second-order valence-electron chi connectivity index (χ2n) is 5.16. The number of likely N-dealkylation sites (tertiary alicyclic amines) is 1. The zero-order valence-electron chi connectivity index (χ0n) is 12.1. The van der Waals surface area contributed by atoms with Crippen molar-refractivity contribution in [3.05, 3.63) is 24.2 Å². The molecule has 112 valence electrons. The normalized spacial score (nSPS) is 17.9. The first-order valence-corrected chi connectivity index (χ1v) is 7.36. The van der Waals surface area contributed by atoms with Gasteiger partial charge in [0.15, 0.2) is 0 Å². The Morgan fingerprint density at radius 1 is 1.45 bits per heavy atom. The third-order valence-corrected chi connectivity index (χ3v) is 3.77. The number of piperidine rings is 1. The molecule has 1 aromatic rings. The molecular weight excluding hydrogens is 256 g/mol. The summed E-state index contributed by atoms with van der Waals surface area (Å²) in [6.07, 6.45) is 5.94. The van der Waals surface area contributed by atoms with Gasteiger partial charge in [-0.2, -0.15) is 0 Å². The van der Waals surface area contributed by atoms with Crippen LogP contribution in [0.5, 0.6) is 0 Å². The molecule has 1 N–H and O–H groups in total. The van der Waals surface area contributed by atoms with Gasteiger partial charge >= 0.3 is 5.97 Å². The predicted octanol–water partition coefficient (Wildman–Crippen LogP) is 1.96. The standard InChI is InChI=1S/C15H24N2O3/c1-19-15(18)7-8-16-12-13(14-6-5-11-20-14)17-9-3-2-4-10-17/h5-6,11,13,16H,2-4,7-10,12H2,1H3/t13-/m0/s1. The van der Waals surface area contributed by atoms with Gasteiger partial charge in [-0.05, 0) is 38.1 Å². The summed E-state index contributed by atoms with van der Waals surface area (Å²) < 4.78 is 10.2. The highest BCUT2D eigenvalue weighted by Gasteiger charge is 2.23. The van der Waals surface area contributed by atoms with Crippen molar-refractivity contribution < 1.29 is 13.9 Å². The number of esters is 1. The van der Waals surface area contributed by atoms with E-state index in [9.17, 15) is 4.79 Å². The van der Waals surface area contributed by atoms with E-state index in [0.717, 1.165) is 25.4 Å². The molecule has 0 amide bonds. The Morgan fingerprint density at radius 2 is 2.25 bits per heavy atom. The van der Waals surface area contributed by atoms with Crippen LogP contribution in [0, 0.1) is 0 Å². The average molecular weight is 280 g/mol. The minimum Gasteiger partial charge on any atom is -0.469 e. The summed E-state index contributed by atoms with van der Waals surface area (Å²) in [5.74, 6) is 0.822. The maximum atomic E-state index is 11.1. The molecule has 0 bridgehead atoms. The lowest BCUT2D eigenvalue weighted by Crippen LogP contribution is -2.39. The largest absolute Gasteiger partial charge is 0.469 e. The lowest BCUT2D eigenvalue weighted by atomic mass is 10.1. The van der Waals surface area contributed by atoms with E-state index in [2.05, 4.69) is 15.0 Å². The highest BCUT2D eigenvalue weighted by Crippen LogP contribution is 2.24. The van der Waals surface area contributed by atoms with Crippen LogP contribution >= 0.6 is 0 Å². The number of carbonyl (C=O) groups is 1. The Kier molecular flexibility index (Phi) is 6.08. The topological polar surface area (TPSA) is 54.7 Å². The fourth-order valence-electron chi connectivity index (χ4n) is 2.65. The summed E-state index contributed by atoms with van der Waals surface area (Å²) >= 11 is 0. The molecule has 0 aromatic carbocycles. The zero-order chi connectivity index (χ0) is 14.2. The number of nitrogens with zero attached hydrogens (tertiary/aromatic N) is 1.